The van der Waals surface area contributed by atoms with Crippen LogP contribution in [0, 0.1) is 5.41 Å². The maximum Gasteiger partial charge on any atom is 0.435 e. The highest BCUT2D eigenvalue weighted by Crippen LogP contribution is 2.28. The van der Waals surface area contributed by atoms with Gasteiger partial charge in [-0.15, -0.1) is 0 Å². The molecule has 0 aliphatic rings. The fourth-order valence-electron chi connectivity index (χ4n) is 2.40. The molecule has 0 saturated carbocycles. The third-order valence-corrected chi connectivity index (χ3v) is 3.80. The molecule has 1 heterocycles. The highest BCUT2D eigenvalue weighted by Gasteiger charge is 2.33. The van der Waals surface area contributed by atoms with Crippen molar-refractivity contribution in [3.8, 4) is 5.69 Å². The van der Waals surface area contributed by atoms with E-state index in [1.807, 2.05) is 13.8 Å². The molecule has 1 aromatic carbocycles. The van der Waals surface area contributed by atoms with Crippen LogP contribution in [0.25, 0.3) is 5.69 Å². The van der Waals surface area contributed by atoms with Crippen LogP contribution in [0.5, 0.6) is 0 Å². The van der Waals surface area contributed by atoms with Crippen LogP contribution in [0.15, 0.2) is 36.5 Å². The number of carbonyl (C=O) groups is 1. The molecule has 0 fully saturated rings. The molecule has 136 valence electrons. The minimum absolute atomic E-state index is 0.230. The van der Waals surface area contributed by atoms with Crippen molar-refractivity contribution in [1.82, 2.24) is 14.7 Å². The molecular formula is C17H21F3N4O. The Morgan fingerprint density at radius 1 is 1.28 bits per heavy atom. The maximum atomic E-state index is 12.7. The molecule has 0 atom stereocenters. The van der Waals surface area contributed by atoms with Gasteiger partial charge in [0, 0.05) is 25.4 Å². The molecule has 1 amide bonds. The minimum atomic E-state index is -4.51. The average Bonchev–Trinajstić information content (AvgIpc) is 3.04. The van der Waals surface area contributed by atoms with E-state index in [0.29, 0.717) is 24.3 Å². The van der Waals surface area contributed by atoms with Crippen molar-refractivity contribution in [3.05, 3.63) is 47.8 Å². The van der Waals surface area contributed by atoms with E-state index in [1.165, 1.54) is 12.3 Å². The first-order valence-corrected chi connectivity index (χ1v) is 7.72. The first-order chi connectivity index (χ1) is 11.5. The van der Waals surface area contributed by atoms with E-state index in [0.717, 1.165) is 10.7 Å². The second-order valence-corrected chi connectivity index (χ2v) is 6.72. The molecule has 8 heteroatoms. The quantitative estimate of drug-likeness (QED) is 0.898. The largest absolute Gasteiger partial charge is 0.435 e. The number of carbonyl (C=O) groups excluding carboxylic acids is 1. The average molecular weight is 354 g/mol. The zero-order chi connectivity index (χ0) is 18.8. The van der Waals surface area contributed by atoms with Crippen LogP contribution in [0.2, 0.25) is 0 Å². The van der Waals surface area contributed by atoms with E-state index in [4.69, 9.17) is 5.73 Å². The van der Waals surface area contributed by atoms with Gasteiger partial charge in [0.25, 0.3) is 5.91 Å². The number of benzene rings is 1. The molecule has 2 N–H and O–H groups in total. The number of hydrogen-bond donors (Lipinski definition) is 1. The van der Waals surface area contributed by atoms with Crippen LogP contribution in [-0.2, 0) is 6.18 Å². The molecule has 2 rings (SSSR count). The van der Waals surface area contributed by atoms with Gasteiger partial charge in [-0.25, -0.2) is 4.68 Å². The molecule has 0 saturated heterocycles. The maximum absolute atomic E-state index is 12.7. The van der Waals surface area contributed by atoms with E-state index >= 15 is 0 Å². The van der Waals surface area contributed by atoms with Crippen molar-refractivity contribution in [3.63, 3.8) is 0 Å². The van der Waals surface area contributed by atoms with Gasteiger partial charge in [0.1, 0.15) is 0 Å². The Bertz CT molecular complexity index is 752. The Hall–Kier alpha value is -2.35. The fraction of sp³-hybridized carbons (Fsp3) is 0.412. The number of rotatable bonds is 5. The highest BCUT2D eigenvalue weighted by atomic mass is 19.4. The first-order valence-electron chi connectivity index (χ1n) is 7.72. The van der Waals surface area contributed by atoms with Crippen molar-refractivity contribution in [2.24, 2.45) is 11.1 Å². The van der Waals surface area contributed by atoms with Gasteiger partial charge in [0.15, 0.2) is 5.69 Å². The molecule has 0 radical (unpaired) electrons. The predicted molar refractivity (Wildman–Crippen MR) is 88.4 cm³/mol. The highest BCUT2D eigenvalue weighted by molar-refractivity contribution is 5.94. The number of amides is 1. The second kappa shape index (κ2) is 6.87. The number of alkyl halides is 3. The molecule has 2 aromatic rings. The standard InChI is InChI=1S/C17H21F3N4O/c1-16(2,10-21)11-23(3)15(25)12-5-4-6-13(9-12)24-8-7-14(22-24)17(18,19)20/h4-9H,10-11,21H2,1-3H3. The Balaban J connectivity index is 2.24. The normalized spacial score (nSPS) is 12.3. The van der Waals surface area contributed by atoms with E-state index in [2.05, 4.69) is 5.10 Å². The lowest BCUT2D eigenvalue weighted by molar-refractivity contribution is -0.141. The molecule has 25 heavy (non-hydrogen) atoms. The number of halogens is 3. The third kappa shape index (κ3) is 4.60. The van der Waals surface area contributed by atoms with Crippen LogP contribution < -0.4 is 5.73 Å². The molecule has 5 nitrogen and oxygen atoms in total. The van der Waals surface area contributed by atoms with Crippen molar-refractivity contribution in [1.29, 1.82) is 0 Å². The van der Waals surface area contributed by atoms with Gasteiger partial charge >= 0.3 is 6.18 Å². The summed E-state index contributed by atoms with van der Waals surface area (Å²) in [5.74, 6) is -0.230. The summed E-state index contributed by atoms with van der Waals surface area (Å²) in [7, 11) is 1.67. The minimum Gasteiger partial charge on any atom is -0.341 e. The molecular weight excluding hydrogens is 333 g/mol. The summed E-state index contributed by atoms with van der Waals surface area (Å²) in [6.07, 6.45) is -3.29. The van der Waals surface area contributed by atoms with Gasteiger partial charge in [-0.1, -0.05) is 19.9 Å². The monoisotopic (exact) mass is 354 g/mol. The topological polar surface area (TPSA) is 64.2 Å². The van der Waals surface area contributed by atoms with Crippen LogP contribution in [0.1, 0.15) is 29.9 Å². The summed E-state index contributed by atoms with van der Waals surface area (Å²) in [4.78, 5) is 14.1. The number of nitrogens with zero attached hydrogens (tertiary/aromatic N) is 3. The van der Waals surface area contributed by atoms with E-state index < -0.39 is 11.9 Å². The molecule has 0 aliphatic heterocycles. The lowest BCUT2D eigenvalue weighted by Crippen LogP contribution is -2.39. The first kappa shape index (κ1) is 19.0. The fourth-order valence-corrected chi connectivity index (χ4v) is 2.40. The van der Waals surface area contributed by atoms with Crippen molar-refractivity contribution < 1.29 is 18.0 Å². The lowest BCUT2D eigenvalue weighted by Gasteiger charge is -2.29. The van der Waals surface area contributed by atoms with Crippen LogP contribution in [0.3, 0.4) is 0 Å². The van der Waals surface area contributed by atoms with Crippen LogP contribution in [-0.4, -0.2) is 40.7 Å². The van der Waals surface area contributed by atoms with Gasteiger partial charge in [-0.2, -0.15) is 18.3 Å². The van der Waals surface area contributed by atoms with Crippen molar-refractivity contribution >= 4 is 5.91 Å². The number of hydrogen-bond acceptors (Lipinski definition) is 3. The van der Waals surface area contributed by atoms with Gasteiger partial charge < -0.3 is 10.6 Å². The number of nitrogens with two attached hydrogens (primary N) is 1. The Morgan fingerprint density at radius 3 is 2.52 bits per heavy atom. The van der Waals surface area contributed by atoms with Gasteiger partial charge in [-0.05, 0) is 36.2 Å². The van der Waals surface area contributed by atoms with Gasteiger partial charge in [0.05, 0.1) is 5.69 Å². The van der Waals surface area contributed by atoms with Gasteiger partial charge in [0.2, 0.25) is 0 Å². The summed E-state index contributed by atoms with van der Waals surface area (Å²) in [5, 5.41) is 3.52. The molecule has 1 aromatic heterocycles. The molecule has 0 unspecified atom stereocenters. The third-order valence-electron chi connectivity index (χ3n) is 3.80. The van der Waals surface area contributed by atoms with E-state index in [9.17, 15) is 18.0 Å². The van der Waals surface area contributed by atoms with Crippen LogP contribution >= 0.6 is 0 Å². The molecule has 0 bridgehead atoms. The predicted octanol–water partition coefficient (Wildman–Crippen LogP) is 2.95. The Kier molecular flexibility index (Phi) is 5.22. The summed E-state index contributed by atoms with van der Waals surface area (Å²) >= 11 is 0. The van der Waals surface area contributed by atoms with Gasteiger partial charge in [-0.3, -0.25) is 4.79 Å². The van der Waals surface area contributed by atoms with Crippen molar-refractivity contribution in [2.45, 2.75) is 20.0 Å². The summed E-state index contributed by atoms with van der Waals surface area (Å²) in [6.45, 7) is 4.80. The summed E-state index contributed by atoms with van der Waals surface area (Å²) in [6, 6.07) is 7.23. The Morgan fingerprint density at radius 2 is 1.96 bits per heavy atom. The molecule has 0 aliphatic carbocycles. The second-order valence-electron chi connectivity index (χ2n) is 6.72. The Labute approximate surface area is 144 Å². The van der Waals surface area contributed by atoms with Crippen LogP contribution in [0.4, 0.5) is 13.2 Å². The SMILES string of the molecule is CN(CC(C)(C)CN)C(=O)c1cccc(-n2ccc(C(F)(F)F)n2)c1. The lowest BCUT2D eigenvalue weighted by atomic mass is 9.93. The summed E-state index contributed by atoms with van der Waals surface area (Å²) < 4.78 is 39.1. The zero-order valence-corrected chi connectivity index (χ0v) is 14.3. The number of aromatic nitrogens is 2. The summed E-state index contributed by atoms with van der Waals surface area (Å²) in [5.41, 5.74) is 5.23. The van der Waals surface area contributed by atoms with E-state index in [1.54, 1.807) is 30.1 Å². The van der Waals surface area contributed by atoms with Crippen molar-refractivity contribution in [2.75, 3.05) is 20.1 Å². The molecule has 0 spiro atoms. The van der Waals surface area contributed by atoms with E-state index in [-0.39, 0.29) is 11.3 Å². The zero-order valence-electron chi connectivity index (χ0n) is 14.3. The smallest absolute Gasteiger partial charge is 0.341 e.